The van der Waals surface area contributed by atoms with Crippen LogP contribution in [0.15, 0.2) is 33.9 Å². The van der Waals surface area contributed by atoms with E-state index in [9.17, 15) is 9.59 Å². The van der Waals surface area contributed by atoms with E-state index in [1.54, 1.807) is 7.05 Å². The zero-order valence-corrected chi connectivity index (χ0v) is 17.9. The minimum Gasteiger partial charge on any atom is -0.353 e. The van der Waals surface area contributed by atoms with Crippen LogP contribution in [0, 0.1) is 6.92 Å². The zero-order chi connectivity index (χ0) is 21.3. The summed E-state index contributed by atoms with van der Waals surface area (Å²) in [6, 6.07) is 7.44. The van der Waals surface area contributed by atoms with Gasteiger partial charge in [0.25, 0.3) is 5.56 Å². The quantitative estimate of drug-likeness (QED) is 0.597. The molecule has 1 aliphatic heterocycles. The van der Waals surface area contributed by atoms with Crippen LogP contribution < -0.4 is 11.2 Å². The second-order valence-corrected chi connectivity index (χ2v) is 7.95. The van der Waals surface area contributed by atoms with Crippen molar-refractivity contribution < 1.29 is 9.47 Å². The number of ether oxygens (including phenoxy) is 2. The molecule has 1 fully saturated rings. The van der Waals surface area contributed by atoms with E-state index in [2.05, 4.69) is 4.98 Å². The molecule has 0 radical (unpaired) electrons. The van der Waals surface area contributed by atoms with Crippen LogP contribution in [0.3, 0.4) is 0 Å². The molecule has 0 spiro atoms. The lowest BCUT2D eigenvalue weighted by atomic mass is 10.2. The van der Waals surface area contributed by atoms with Crippen molar-refractivity contribution >= 4 is 22.8 Å². The van der Waals surface area contributed by atoms with E-state index in [1.165, 1.54) is 9.13 Å². The Morgan fingerprint density at radius 2 is 1.97 bits per heavy atom. The Kier molecular flexibility index (Phi) is 6.08. The van der Waals surface area contributed by atoms with Gasteiger partial charge in [0.05, 0.1) is 13.2 Å². The van der Waals surface area contributed by atoms with Crippen molar-refractivity contribution in [2.45, 2.75) is 45.6 Å². The number of imidazole rings is 1. The second kappa shape index (κ2) is 8.75. The molecule has 8 nitrogen and oxygen atoms in total. The molecule has 3 aromatic rings. The Balaban J connectivity index is 1.66. The normalized spacial score (nSPS) is 17.0. The molecule has 0 aliphatic carbocycles. The average molecular weight is 433 g/mol. The van der Waals surface area contributed by atoms with Gasteiger partial charge < -0.3 is 14.0 Å². The summed E-state index contributed by atoms with van der Waals surface area (Å²) in [5.41, 5.74) is 0.995. The van der Waals surface area contributed by atoms with E-state index in [4.69, 9.17) is 21.1 Å². The first kappa shape index (κ1) is 20.8. The average Bonchev–Trinajstić information content (AvgIpc) is 3.08. The van der Waals surface area contributed by atoms with Crippen LogP contribution in [0.4, 0.5) is 0 Å². The first-order valence-corrected chi connectivity index (χ1v) is 10.5. The molecule has 1 aliphatic rings. The number of hydrogen-bond donors (Lipinski definition) is 0. The summed E-state index contributed by atoms with van der Waals surface area (Å²) in [6.45, 7) is 3.36. The molecule has 9 heteroatoms. The van der Waals surface area contributed by atoms with E-state index < -0.39 is 5.69 Å². The van der Waals surface area contributed by atoms with Gasteiger partial charge in [-0.3, -0.25) is 13.9 Å². The van der Waals surface area contributed by atoms with Crippen LogP contribution in [0.1, 0.15) is 30.7 Å². The number of benzene rings is 1. The highest BCUT2D eigenvalue weighted by atomic mass is 35.5. The highest BCUT2D eigenvalue weighted by Crippen LogP contribution is 2.16. The summed E-state index contributed by atoms with van der Waals surface area (Å²) in [5, 5.41) is 0.651. The summed E-state index contributed by atoms with van der Waals surface area (Å²) in [7, 11) is 1.63. The van der Waals surface area contributed by atoms with Gasteiger partial charge in [-0.15, -0.1) is 0 Å². The molecule has 0 bridgehead atoms. The van der Waals surface area contributed by atoms with Gasteiger partial charge in [0.15, 0.2) is 17.5 Å². The predicted octanol–water partition coefficient (Wildman–Crippen LogP) is 2.45. The van der Waals surface area contributed by atoms with Crippen molar-refractivity contribution in [1.82, 2.24) is 18.7 Å². The molecule has 4 rings (SSSR count). The molecule has 3 heterocycles. The number of aryl methyl sites for hydroxylation is 2. The minimum absolute atomic E-state index is 0.159. The fourth-order valence-corrected chi connectivity index (χ4v) is 3.89. The monoisotopic (exact) mass is 432 g/mol. The van der Waals surface area contributed by atoms with Gasteiger partial charge in [-0.1, -0.05) is 23.7 Å². The first-order valence-electron chi connectivity index (χ1n) is 10.1. The van der Waals surface area contributed by atoms with Crippen LogP contribution in [0.5, 0.6) is 0 Å². The van der Waals surface area contributed by atoms with Crippen molar-refractivity contribution in [3.05, 3.63) is 61.5 Å². The summed E-state index contributed by atoms with van der Waals surface area (Å²) < 4.78 is 15.7. The zero-order valence-electron chi connectivity index (χ0n) is 17.1. The van der Waals surface area contributed by atoms with Crippen LogP contribution in [0.2, 0.25) is 5.02 Å². The van der Waals surface area contributed by atoms with Crippen molar-refractivity contribution in [2.75, 3.05) is 13.2 Å². The topological polar surface area (TPSA) is 80.3 Å². The number of hydrogen-bond acceptors (Lipinski definition) is 5. The Morgan fingerprint density at radius 1 is 1.20 bits per heavy atom. The highest BCUT2D eigenvalue weighted by Gasteiger charge is 2.20. The first-order chi connectivity index (χ1) is 14.5. The van der Waals surface area contributed by atoms with E-state index >= 15 is 0 Å². The summed E-state index contributed by atoms with van der Waals surface area (Å²) in [4.78, 5) is 30.5. The standard InChI is InChI=1S/C21H25ClN4O4/c1-14-23-19-18(26(14)13-15-6-8-16(22)9-7-15)20(27)25(21(28)24(19)2)10-12-30-17-5-3-4-11-29-17/h6-9,17H,3-5,10-13H2,1-2H3. The summed E-state index contributed by atoms with van der Waals surface area (Å²) in [5.74, 6) is 0.664. The maximum Gasteiger partial charge on any atom is 0.332 e. The Labute approximate surface area is 178 Å². The van der Waals surface area contributed by atoms with Gasteiger partial charge in [0.2, 0.25) is 0 Å². The minimum atomic E-state index is -0.406. The van der Waals surface area contributed by atoms with Gasteiger partial charge in [-0.2, -0.15) is 0 Å². The molecule has 1 aromatic carbocycles. The molecule has 1 unspecified atom stereocenters. The van der Waals surface area contributed by atoms with Gasteiger partial charge in [0, 0.05) is 25.2 Å². The summed E-state index contributed by atoms with van der Waals surface area (Å²) in [6.07, 6.45) is 2.66. The smallest absolute Gasteiger partial charge is 0.332 e. The van der Waals surface area contributed by atoms with Gasteiger partial charge >= 0.3 is 5.69 Å². The molecule has 160 valence electrons. The molecular weight excluding hydrogens is 408 g/mol. The van der Waals surface area contributed by atoms with Crippen molar-refractivity contribution in [3.63, 3.8) is 0 Å². The molecule has 1 saturated heterocycles. The third kappa shape index (κ3) is 4.08. The van der Waals surface area contributed by atoms with Crippen molar-refractivity contribution in [3.8, 4) is 0 Å². The molecule has 0 saturated carbocycles. The van der Waals surface area contributed by atoms with Crippen molar-refractivity contribution in [1.29, 1.82) is 0 Å². The number of nitrogens with zero attached hydrogens (tertiary/aromatic N) is 4. The Morgan fingerprint density at radius 3 is 2.67 bits per heavy atom. The van der Waals surface area contributed by atoms with Crippen molar-refractivity contribution in [2.24, 2.45) is 7.05 Å². The summed E-state index contributed by atoms with van der Waals surface area (Å²) >= 11 is 5.98. The molecule has 2 aromatic heterocycles. The molecule has 0 amide bonds. The maximum absolute atomic E-state index is 13.2. The fourth-order valence-electron chi connectivity index (χ4n) is 3.76. The highest BCUT2D eigenvalue weighted by molar-refractivity contribution is 6.30. The van der Waals surface area contributed by atoms with Crippen LogP contribution >= 0.6 is 11.6 Å². The van der Waals surface area contributed by atoms with Gasteiger partial charge in [-0.05, 0) is 43.9 Å². The lowest BCUT2D eigenvalue weighted by Crippen LogP contribution is -2.41. The Hall–Kier alpha value is -2.42. The van der Waals surface area contributed by atoms with E-state index in [-0.39, 0.29) is 25.0 Å². The van der Waals surface area contributed by atoms with Crippen LogP contribution in [-0.4, -0.2) is 38.2 Å². The SMILES string of the molecule is Cc1nc2c(c(=O)n(CCOC3CCCCO3)c(=O)n2C)n1Cc1ccc(Cl)cc1. The second-order valence-electron chi connectivity index (χ2n) is 7.51. The maximum atomic E-state index is 13.2. The number of rotatable bonds is 6. The lowest BCUT2D eigenvalue weighted by molar-refractivity contribution is -0.163. The number of halogens is 1. The molecule has 0 N–H and O–H groups in total. The Bertz CT molecular complexity index is 1160. The number of aromatic nitrogens is 4. The van der Waals surface area contributed by atoms with E-state index in [0.29, 0.717) is 35.2 Å². The van der Waals surface area contributed by atoms with E-state index in [0.717, 1.165) is 24.8 Å². The van der Waals surface area contributed by atoms with Gasteiger partial charge in [-0.25, -0.2) is 9.78 Å². The van der Waals surface area contributed by atoms with Gasteiger partial charge in [0.1, 0.15) is 5.82 Å². The third-order valence-corrected chi connectivity index (χ3v) is 5.69. The molecule has 1 atom stereocenters. The molecular formula is C21H25ClN4O4. The van der Waals surface area contributed by atoms with Crippen LogP contribution in [-0.2, 0) is 29.6 Å². The molecule has 30 heavy (non-hydrogen) atoms. The largest absolute Gasteiger partial charge is 0.353 e. The predicted molar refractivity (Wildman–Crippen MR) is 114 cm³/mol. The van der Waals surface area contributed by atoms with Crippen LogP contribution in [0.25, 0.3) is 11.2 Å². The lowest BCUT2D eigenvalue weighted by Gasteiger charge is -2.22. The fraction of sp³-hybridized carbons (Fsp3) is 0.476. The number of fused-ring (bicyclic) bond motifs is 1. The third-order valence-electron chi connectivity index (χ3n) is 5.43. The van der Waals surface area contributed by atoms with E-state index in [1.807, 2.05) is 35.8 Å².